The van der Waals surface area contributed by atoms with E-state index in [-0.39, 0.29) is 24.0 Å². The summed E-state index contributed by atoms with van der Waals surface area (Å²) < 4.78 is 11.2. The maximum absolute atomic E-state index is 12.6. The molecule has 0 aliphatic carbocycles. The molecule has 4 aromatic rings. The fourth-order valence-electron chi connectivity index (χ4n) is 3.66. The van der Waals surface area contributed by atoms with E-state index in [9.17, 15) is 9.59 Å². The molecule has 0 aliphatic rings. The third-order valence-electron chi connectivity index (χ3n) is 5.39. The predicted octanol–water partition coefficient (Wildman–Crippen LogP) is 4.34. The monoisotopic (exact) mass is 522 g/mol. The number of carbonyl (C=O) groups is 2. The molecule has 36 heavy (non-hydrogen) atoms. The van der Waals surface area contributed by atoms with Crippen molar-refractivity contribution in [1.29, 1.82) is 0 Å². The summed E-state index contributed by atoms with van der Waals surface area (Å²) in [6.07, 6.45) is 0.911. The Balaban J connectivity index is 1.21. The lowest BCUT2D eigenvalue weighted by Gasteiger charge is -2.10. The Kier molecular flexibility index (Phi) is 8.75. The fraction of sp³-hybridized carbons (Fsp3) is 0.231. The summed E-state index contributed by atoms with van der Waals surface area (Å²) in [5, 5.41) is 16.4. The molecule has 0 spiro atoms. The fourth-order valence-corrected chi connectivity index (χ4v) is 5.26. The van der Waals surface area contributed by atoms with Crippen molar-refractivity contribution in [3.8, 4) is 11.5 Å². The van der Waals surface area contributed by atoms with Crippen LogP contribution >= 0.6 is 23.1 Å². The number of hydrogen-bond acceptors (Lipinski definition) is 8. The van der Waals surface area contributed by atoms with Crippen LogP contribution in [0.3, 0.4) is 0 Å². The smallest absolute Gasteiger partial charge is 0.230 e. The van der Waals surface area contributed by atoms with Gasteiger partial charge in [-0.15, -0.1) is 10.2 Å². The predicted molar refractivity (Wildman–Crippen MR) is 143 cm³/mol. The normalized spacial score (nSPS) is 10.7. The van der Waals surface area contributed by atoms with Gasteiger partial charge in [-0.2, -0.15) is 0 Å². The highest BCUT2D eigenvalue weighted by molar-refractivity contribution is 8.01. The van der Waals surface area contributed by atoms with E-state index in [4.69, 9.17) is 9.47 Å². The molecule has 2 amide bonds. The lowest BCUT2D eigenvalue weighted by Crippen LogP contribution is -2.27. The molecular formula is C26H26N4O4S2. The van der Waals surface area contributed by atoms with Gasteiger partial charge >= 0.3 is 0 Å². The largest absolute Gasteiger partial charge is 0.493 e. The van der Waals surface area contributed by atoms with Gasteiger partial charge in [0, 0.05) is 6.54 Å². The first-order valence-corrected chi connectivity index (χ1v) is 13.1. The number of aromatic nitrogens is 2. The van der Waals surface area contributed by atoms with E-state index in [0.29, 0.717) is 33.9 Å². The number of benzene rings is 3. The molecule has 4 rings (SSSR count). The maximum Gasteiger partial charge on any atom is 0.230 e. The molecule has 0 saturated carbocycles. The van der Waals surface area contributed by atoms with Gasteiger partial charge in [0.1, 0.15) is 0 Å². The highest BCUT2D eigenvalue weighted by atomic mass is 32.2. The maximum atomic E-state index is 12.6. The molecule has 8 nitrogen and oxygen atoms in total. The zero-order chi connectivity index (χ0) is 25.3. The van der Waals surface area contributed by atoms with Crippen molar-refractivity contribution in [2.24, 2.45) is 0 Å². The molecule has 0 saturated heterocycles. The number of thioether (sulfide) groups is 1. The van der Waals surface area contributed by atoms with Crippen molar-refractivity contribution in [3.05, 3.63) is 71.8 Å². The van der Waals surface area contributed by atoms with Crippen molar-refractivity contribution in [2.75, 3.05) is 31.8 Å². The first-order valence-electron chi connectivity index (χ1n) is 11.3. The van der Waals surface area contributed by atoms with Crippen LogP contribution in [-0.2, 0) is 22.4 Å². The van der Waals surface area contributed by atoms with Crippen LogP contribution in [0.1, 0.15) is 11.1 Å². The minimum atomic E-state index is -0.160. The third-order valence-corrected chi connectivity index (χ3v) is 7.37. The van der Waals surface area contributed by atoms with Gasteiger partial charge in [-0.1, -0.05) is 71.6 Å². The minimum Gasteiger partial charge on any atom is -0.493 e. The van der Waals surface area contributed by atoms with E-state index in [1.165, 1.54) is 23.1 Å². The number of nitrogens with zero attached hydrogens (tertiary/aromatic N) is 2. The van der Waals surface area contributed by atoms with Gasteiger partial charge in [-0.25, -0.2) is 0 Å². The van der Waals surface area contributed by atoms with Gasteiger partial charge < -0.3 is 20.1 Å². The van der Waals surface area contributed by atoms with Gasteiger partial charge in [-0.3, -0.25) is 9.59 Å². The second-order valence-electron chi connectivity index (χ2n) is 7.81. The molecule has 0 aliphatic heterocycles. The van der Waals surface area contributed by atoms with E-state index in [1.54, 1.807) is 14.2 Å². The number of carbonyl (C=O) groups excluding carboxylic acids is 2. The Morgan fingerprint density at radius 1 is 0.944 bits per heavy atom. The number of rotatable bonds is 11. The summed E-state index contributed by atoms with van der Waals surface area (Å²) >= 11 is 2.53. The van der Waals surface area contributed by atoms with Crippen LogP contribution in [0.5, 0.6) is 11.5 Å². The molecular weight excluding hydrogens is 496 g/mol. The number of methoxy groups -OCH3 is 2. The Morgan fingerprint density at radius 2 is 1.75 bits per heavy atom. The van der Waals surface area contributed by atoms with E-state index in [2.05, 4.69) is 20.8 Å². The standard InChI is InChI=1S/C26H26N4O4S2/c1-33-21-11-10-17(14-22(21)34-2)12-13-27-24(32)16-35-26-30-29-25(36-26)28-23(31)15-19-8-5-7-18-6-3-4-9-20(18)19/h3-11,14H,12-13,15-16H2,1-2H3,(H,27,32)(H,28,29,31). The molecule has 1 heterocycles. The Labute approximate surface area is 217 Å². The summed E-state index contributed by atoms with van der Waals surface area (Å²) in [6.45, 7) is 0.500. The van der Waals surface area contributed by atoms with Crippen molar-refractivity contribution in [1.82, 2.24) is 15.5 Å². The van der Waals surface area contributed by atoms with Gasteiger partial charge in [0.05, 0.1) is 26.4 Å². The summed E-state index contributed by atoms with van der Waals surface area (Å²) in [5.41, 5.74) is 1.99. The lowest BCUT2D eigenvalue weighted by atomic mass is 10.0. The lowest BCUT2D eigenvalue weighted by molar-refractivity contribution is -0.118. The van der Waals surface area contributed by atoms with Crippen LogP contribution < -0.4 is 20.1 Å². The van der Waals surface area contributed by atoms with Gasteiger partial charge in [-0.05, 0) is 40.5 Å². The zero-order valence-corrected chi connectivity index (χ0v) is 21.6. The van der Waals surface area contributed by atoms with Crippen molar-refractivity contribution < 1.29 is 19.1 Å². The minimum absolute atomic E-state index is 0.0998. The molecule has 2 N–H and O–H groups in total. The van der Waals surface area contributed by atoms with Crippen LogP contribution in [0.15, 0.2) is 65.0 Å². The zero-order valence-electron chi connectivity index (χ0n) is 19.9. The average molecular weight is 523 g/mol. The third kappa shape index (κ3) is 6.73. The Morgan fingerprint density at radius 3 is 2.58 bits per heavy atom. The van der Waals surface area contributed by atoms with Crippen LogP contribution in [-0.4, -0.2) is 48.5 Å². The molecule has 10 heteroatoms. The van der Waals surface area contributed by atoms with Crippen molar-refractivity contribution >= 4 is 50.8 Å². The SMILES string of the molecule is COc1ccc(CCNC(=O)CSc2nnc(NC(=O)Cc3cccc4ccccc34)s2)cc1OC. The average Bonchev–Trinajstić information content (AvgIpc) is 3.34. The molecule has 0 radical (unpaired) electrons. The number of anilines is 1. The summed E-state index contributed by atoms with van der Waals surface area (Å²) in [4.78, 5) is 24.8. The topological polar surface area (TPSA) is 102 Å². The van der Waals surface area contributed by atoms with Crippen LogP contribution in [0.2, 0.25) is 0 Å². The number of nitrogens with one attached hydrogen (secondary N) is 2. The van der Waals surface area contributed by atoms with Gasteiger partial charge in [0.25, 0.3) is 0 Å². The highest BCUT2D eigenvalue weighted by Crippen LogP contribution is 2.28. The quantitative estimate of drug-likeness (QED) is 0.223. The van der Waals surface area contributed by atoms with Gasteiger partial charge in [0.15, 0.2) is 15.8 Å². The number of amides is 2. The van der Waals surface area contributed by atoms with Crippen LogP contribution in [0.4, 0.5) is 5.13 Å². The summed E-state index contributed by atoms with van der Waals surface area (Å²) in [7, 11) is 3.19. The molecule has 0 unspecified atom stereocenters. The molecule has 0 fully saturated rings. The second-order valence-corrected chi connectivity index (χ2v) is 10.0. The highest BCUT2D eigenvalue weighted by Gasteiger charge is 2.12. The van der Waals surface area contributed by atoms with Gasteiger partial charge in [0.2, 0.25) is 16.9 Å². The molecule has 0 bridgehead atoms. The first kappa shape index (κ1) is 25.5. The molecule has 186 valence electrons. The number of ether oxygens (including phenoxy) is 2. The van der Waals surface area contributed by atoms with E-state index in [0.717, 1.165) is 21.9 Å². The van der Waals surface area contributed by atoms with E-state index < -0.39 is 0 Å². The van der Waals surface area contributed by atoms with Crippen LogP contribution in [0, 0.1) is 0 Å². The van der Waals surface area contributed by atoms with Crippen LogP contribution in [0.25, 0.3) is 10.8 Å². The molecule has 1 aromatic heterocycles. The van der Waals surface area contributed by atoms with E-state index in [1.807, 2.05) is 60.7 Å². The second kappa shape index (κ2) is 12.4. The molecule has 3 aromatic carbocycles. The Bertz CT molecular complexity index is 1350. The van der Waals surface area contributed by atoms with Crippen molar-refractivity contribution in [3.63, 3.8) is 0 Å². The number of hydrogen-bond donors (Lipinski definition) is 2. The first-order chi connectivity index (χ1) is 17.6. The van der Waals surface area contributed by atoms with Crippen molar-refractivity contribution in [2.45, 2.75) is 17.2 Å². The molecule has 0 atom stereocenters. The van der Waals surface area contributed by atoms with E-state index >= 15 is 0 Å². The Hall–Kier alpha value is -3.63. The number of fused-ring (bicyclic) bond motifs is 1. The summed E-state index contributed by atoms with van der Waals surface area (Å²) in [5.74, 6) is 1.28. The summed E-state index contributed by atoms with van der Waals surface area (Å²) in [6, 6.07) is 19.6.